The third-order valence-electron chi connectivity index (χ3n) is 5.13. The van der Waals surface area contributed by atoms with Crippen molar-refractivity contribution in [3.05, 3.63) is 60.5 Å². The summed E-state index contributed by atoms with van der Waals surface area (Å²) in [4.78, 5) is 15.8. The molecular weight excluding hydrogens is 381 g/mol. The van der Waals surface area contributed by atoms with Gasteiger partial charge in [-0.3, -0.25) is 4.79 Å². The number of amides is 1. The Hall–Kier alpha value is -2.71. The van der Waals surface area contributed by atoms with Gasteiger partial charge in [-0.05, 0) is 55.3 Å². The Kier molecular flexibility index (Phi) is 4.91. The Bertz CT molecular complexity index is 1100. The van der Waals surface area contributed by atoms with E-state index in [9.17, 15) is 17.6 Å². The van der Waals surface area contributed by atoms with Gasteiger partial charge in [-0.15, -0.1) is 0 Å². The van der Waals surface area contributed by atoms with E-state index < -0.39 is 15.8 Å². The molecule has 0 bridgehead atoms. The minimum Gasteiger partial charge on any atom is -0.361 e. The molecule has 1 fully saturated rings. The van der Waals surface area contributed by atoms with Crippen LogP contribution in [0.25, 0.3) is 10.9 Å². The fourth-order valence-electron chi connectivity index (χ4n) is 3.54. The van der Waals surface area contributed by atoms with Crippen LogP contribution < -0.4 is 5.32 Å². The van der Waals surface area contributed by atoms with Gasteiger partial charge in [-0.2, -0.15) is 4.31 Å². The van der Waals surface area contributed by atoms with Gasteiger partial charge in [-0.1, -0.05) is 6.07 Å². The van der Waals surface area contributed by atoms with Crippen molar-refractivity contribution in [3.8, 4) is 0 Å². The monoisotopic (exact) mass is 401 g/mol. The highest BCUT2D eigenvalue weighted by molar-refractivity contribution is 7.89. The van der Waals surface area contributed by atoms with Crippen LogP contribution in [-0.2, 0) is 14.8 Å². The number of piperidine rings is 1. The Balaban J connectivity index is 1.41. The lowest BCUT2D eigenvalue weighted by molar-refractivity contribution is -0.120. The normalized spacial score (nSPS) is 16.3. The summed E-state index contributed by atoms with van der Waals surface area (Å²) in [5.74, 6) is -0.840. The maximum atomic E-state index is 13.1. The molecule has 2 N–H and O–H groups in total. The number of nitrogens with zero attached hydrogens (tertiary/aromatic N) is 1. The van der Waals surface area contributed by atoms with Crippen LogP contribution in [0.4, 0.5) is 10.1 Å². The third-order valence-corrected chi connectivity index (χ3v) is 7.04. The number of aromatic amines is 1. The van der Waals surface area contributed by atoms with Crippen LogP contribution in [0, 0.1) is 11.7 Å². The van der Waals surface area contributed by atoms with Crippen molar-refractivity contribution < 1.29 is 17.6 Å². The first-order chi connectivity index (χ1) is 13.4. The van der Waals surface area contributed by atoms with E-state index in [-0.39, 0.29) is 29.8 Å². The number of hydrogen-bond donors (Lipinski definition) is 2. The molecule has 1 aliphatic heterocycles. The van der Waals surface area contributed by atoms with Crippen LogP contribution in [0.1, 0.15) is 12.8 Å². The summed E-state index contributed by atoms with van der Waals surface area (Å²) in [5.41, 5.74) is 1.68. The van der Waals surface area contributed by atoms with E-state index in [4.69, 9.17) is 0 Å². The molecule has 1 aliphatic rings. The molecule has 1 amide bonds. The predicted octanol–water partition coefficient (Wildman–Crippen LogP) is 3.35. The molecule has 2 heterocycles. The van der Waals surface area contributed by atoms with Gasteiger partial charge < -0.3 is 10.3 Å². The molecule has 8 heteroatoms. The number of H-pyrrole nitrogens is 1. The first kappa shape index (κ1) is 18.6. The summed E-state index contributed by atoms with van der Waals surface area (Å²) in [6, 6.07) is 12.4. The van der Waals surface area contributed by atoms with E-state index in [1.807, 2.05) is 30.5 Å². The van der Waals surface area contributed by atoms with Gasteiger partial charge in [0.1, 0.15) is 5.82 Å². The fourth-order valence-corrected chi connectivity index (χ4v) is 5.01. The quantitative estimate of drug-likeness (QED) is 0.703. The molecule has 0 radical (unpaired) electrons. The Morgan fingerprint density at radius 1 is 1.07 bits per heavy atom. The summed E-state index contributed by atoms with van der Waals surface area (Å²) in [7, 11) is -3.68. The predicted molar refractivity (Wildman–Crippen MR) is 105 cm³/mol. The standard InChI is InChI=1S/C20H20FN3O3S/c21-15-4-6-16(7-5-15)28(26,27)24-12-9-14(10-13-24)20(25)23-19-3-1-2-18-17(19)8-11-22-18/h1-8,11,14,22H,9-10,12-13H2,(H,23,25). The minimum absolute atomic E-state index is 0.0657. The first-order valence-corrected chi connectivity index (χ1v) is 10.5. The number of anilines is 1. The molecular formula is C20H20FN3O3S. The number of halogens is 1. The van der Waals surface area contributed by atoms with Crippen molar-refractivity contribution in [2.75, 3.05) is 18.4 Å². The van der Waals surface area contributed by atoms with Crippen LogP contribution in [0.2, 0.25) is 0 Å². The summed E-state index contributed by atoms with van der Waals surface area (Å²) in [6.07, 6.45) is 2.70. The lowest BCUT2D eigenvalue weighted by Gasteiger charge is -2.30. The lowest BCUT2D eigenvalue weighted by atomic mass is 9.97. The molecule has 6 nitrogen and oxygen atoms in total. The maximum absolute atomic E-state index is 13.1. The fraction of sp³-hybridized carbons (Fsp3) is 0.250. The van der Waals surface area contributed by atoms with Crippen molar-refractivity contribution in [3.63, 3.8) is 0 Å². The Morgan fingerprint density at radius 2 is 1.79 bits per heavy atom. The molecule has 146 valence electrons. The molecule has 28 heavy (non-hydrogen) atoms. The number of carbonyl (C=O) groups excluding carboxylic acids is 1. The molecule has 3 aromatic rings. The zero-order chi connectivity index (χ0) is 19.7. The average molecular weight is 401 g/mol. The summed E-state index contributed by atoms with van der Waals surface area (Å²) >= 11 is 0. The van der Waals surface area contributed by atoms with Gasteiger partial charge in [0, 0.05) is 36.1 Å². The summed E-state index contributed by atoms with van der Waals surface area (Å²) < 4.78 is 39.8. The van der Waals surface area contributed by atoms with Gasteiger partial charge in [0.15, 0.2) is 0 Å². The van der Waals surface area contributed by atoms with E-state index in [0.717, 1.165) is 28.7 Å². The second-order valence-electron chi connectivity index (χ2n) is 6.87. The molecule has 4 rings (SSSR count). The second-order valence-corrected chi connectivity index (χ2v) is 8.80. The highest BCUT2D eigenvalue weighted by atomic mass is 32.2. The van der Waals surface area contributed by atoms with Gasteiger partial charge in [0.2, 0.25) is 15.9 Å². The van der Waals surface area contributed by atoms with E-state index >= 15 is 0 Å². The average Bonchev–Trinajstić information content (AvgIpc) is 3.18. The number of nitrogens with one attached hydrogen (secondary N) is 2. The maximum Gasteiger partial charge on any atom is 0.243 e. The van der Waals surface area contributed by atoms with Gasteiger partial charge in [0.05, 0.1) is 10.6 Å². The Morgan fingerprint density at radius 3 is 2.50 bits per heavy atom. The van der Waals surface area contributed by atoms with Crippen molar-refractivity contribution in [1.82, 2.24) is 9.29 Å². The van der Waals surface area contributed by atoms with Crippen LogP contribution in [-0.4, -0.2) is 36.7 Å². The molecule has 1 saturated heterocycles. The highest BCUT2D eigenvalue weighted by Gasteiger charge is 2.32. The van der Waals surface area contributed by atoms with Crippen molar-refractivity contribution >= 4 is 32.5 Å². The Labute approximate surface area is 162 Å². The zero-order valence-electron chi connectivity index (χ0n) is 15.1. The van der Waals surface area contributed by atoms with Gasteiger partial charge >= 0.3 is 0 Å². The number of aromatic nitrogens is 1. The van der Waals surface area contributed by atoms with Gasteiger partial charge in [0.25, 0.3) is 0 Å². The minimum atomic E-state index is -3.68. The SMILES string of the molecule is O=C(Nc1cccc2[nH]ccc12)C1CCN(S(=O)(=O)c2ccc(F)cc2)CC1. The van der Waals surface area contributed by atoms with Crippen LogP contribution in [0.15, 0.2) is 59.6 Å². The van der Waals surface area contributed by atoms with Crippen molar-refractivity contribution in [1.29, 1.82) is 0 Å². The largest absolute Gasteiger partial charge is 0.361 e. The number of benzene rings is 2. The second kappa shape index (κ2) is 7.37. The summed E-state index contributed by atoms with van der Waals surface area (Å²) in [5, 5.41) is 3.90. The van der Waals surface area contributed by atoms with Gasteiger partial charge in [-0.25, -0.2) is 12.8 Å². The number of carbonyl (C=O) groups is 1. The third kappa shape index (κ3) is 3.53. The van der Waals surface area contributed by atoms with Crippen LogP contribution in [0.5, 0.6) is 0 Å². The van der Waals surface area contributed by atoms with Crippen LogP contribution in [0.3, 0.4) is 0 Å². The molecule has 1 aromatic heterocycles. The van der Waals surface area contributed by atoms with E-state index in [2.05, 4.69) is 10.3 Å². The lowest BCUT2D eigenvalue weighted by Crippen LogP contribution is -2.41. The zero-order valence-corrected chi connectivity index (χ0v) is 15.9. The summed E-state index contributed by atoms with van der Waals surface area (Å²) in [6.45, 7) is 0.512. The first-order valence-electron chi connectivity index (χ1n) is 9.08. The van der Waals surface area contributed by atoms with Crippen molar-refractivity contribution in [2.45, 2.75) is 17.7 Å². The molecule has 0 saturated carbocycles. The molecule has 0 aliphatic carbocycles. The smallest absolute Gasteiger partial charge is 0.243 e. The van der Waals surface area contributed by atoms with Crippen LogP contribution >= 0.6 is 0 Å². The number of sulfonamides is 1. The van der Waals surface area contributed by atoms with E-state index in [1.54, 1.807) is 0 Å². The molecule has 0 spiro atoms. The highest BCUT2D eigenvalue weighted by Crippen LogP contribution is 2.27. The molecule has 0 unspecified atom stereocenters. The number of hydrogen-bond acceptors (Lipinski definition) is 3. The number of rotatable bonds is 4. The topological polar surface area (TPSA) is 82.3 Å². The van der Waals surface area contributed by atoms with E-state index in [0.29, 0.717) is 12.8 Å². The molecule has 2 aromatic carbocycles. The molecule has 0 atom stereocenters. The number of fused-ring (bicyclic) bond motifs is 1. The van der Waals surface area contributed by atoms with E-state index in [1.165, 1.54) is 16.4 Å². The van der Waals surface area contributed by atoms with Crippen molar-refractivity contribution in [2.24, 2.45) is 5.92 Å².